The van der Waals surface area contributed by atoms with Crippen LogP contribution in [0.15, 0.2) is 23.3 Å². The van der Waals surface area contributed by atoms with Crippen LogP contribution in [-0.2, 0) is 0 Å². The van der Waals surface area contributed by atoms with E-state index in [-0.39, 0.29) is 17.3 Å². The first kappa shape index (κ1) is 13.1. The van der Waals surface area contributed by atoms with E-state index in [0.29, 0.717) is 17.3 Å². The highest BCUT2D eigenvalue weighted by atomic mass is 16.5. The Morgan fingerprint density at radius 3 is 2.74 bits per heavy atom. The minimum atomic E-state index is -0.231. The van der Waals surface area contributed by atoms with Gasteiger partial charge in [-0.1, -0.05) is 13.8 Å². The highest BCUT2D eigenvalue weighted by Crippen LogP contribution is 2.30. The van der Waals surface area contributed by atoms with Gasteiger partial charge in [0.25, 0.3) is 5.56 Å². The molecule has 6 nitrogen and oxygen atoms in total. The Morgan fingerprint density at radius 2 is 2.11 bits per heavy atom. The van der Waals surface area contributed by atoms with Crippen molar-refractivity contribution >= 4 is 5.82 Å². The minimum absolute atomic E-state index is 0.208. The van der Waals surface area contributed by atoms with Gasteiger partial charge in [-0.15, -0.1) is 0 Å². The van der Waals surface area contributed by atoms with E-state index in [0.717, 1.165) is 5.56 Å². The first-order valence-corrected chi connectivity index (χ1v) is 5.97. The monoisotopic (exact) mass is 260 g/mol. The van der Waals surface area contributed by atoms with Crippen LogP contribution in [-0.4, -0.2) is 15.0 Å². The summed E-state index contributed by atoms with van der Waals surface area (Å²) in [6.07, 6.45) is 3.15. The highest BCUT2D eigenvalue weighted by molar-refractivity contribution is 5.47. The molecule has 19 heavy (non-hydrogen) atoms. The number of anilines is 1. The topological polar surface area (TPSA) is 93.9 Å². The number of aromatic amines is 1. The summed E-state index contributed by atoms with van der Waals surface area (Å²) >= 11 is 0. The van der Waals surface area contributed by atoms with Gasteiger partial charge in [0.1, 0.15) is 11.6 Å². The Hall–Kier alpha value is -2.37. The molecule has 0 aliphatic heterocycles. The first-order valence-electron chi connectivity index (χ1n) is 5.97. The van der Waals surface area contributed by atoms with Crippen molar-refractivity contribution in [3.8, 4) is 11.5 Å². The third-order valence-electron chi connectivity index (χ3n) is 2.66. The number of pyridine rings is 1. The molecule has 0 bridgehead atoms. The molecule has 0 radical (unpaired) electrons. The van der Waals surface area contributed by atoms with Crippen molar-refractivity contribution in [3.63, 3.8) is 0 Å². The van der Waals surface area contributed by atoms with Crippen LogP contribution in [0.25, 0.3) is 0 Å². The average Bonchev–Trinajstić information content (AvgIpc) is 2.32. The summed E-state index contributed by atoms with van der Waals surface area (Å²) in [5.41, 5.74) is 6.43. The third-order valence-corrected chi connectivity index (χ3v) is 2.66. The molecule has 100 valence electrons. The number of nitrogens with one attached hydrogen (secondary N) is 1. The summed E-state index contributed by atoms with van der Waals surface area (Å²) < 4.78 is 5.67. The zero-order chi connectivity index (χ0) is 14.0. The summed E-state index contributed by atoms with van der Waals surface area (Å²) in [5, 5.41) is 0. The molecule has 0 saturated heterocycles. The smallest absolute Gasteiger partial charge is 0.251 e. The van der Waals surface area contributed by atoms with Crippen LogP contribution in [0.2, 0.25) is 0 Å². The second-order valence-electron chi connectivity index (χ2n) is 4.54. The van der Waals surface area contributed by atoms with Gasteiger partial charge in [-0.25, -0.2) is 9.97 Å². The standard InChI is InChI=1S/C13H16N4O2/c1-7(2)9-5-16-12(18)4-10(9)19-11-6-15-8(3)17-13(11)14/h4-7H,1-3H3,(H,16,18)(H2,14,15,17). The summed E-state index contributed by atoms with van der Waals surface area (Å²) in [6.45, 7) is 5.76. The van der Waals surface area contributed by atoms with Crippen LogP contribution in [0.1, 0.15) is 31.2 Å². The van der Waals surface area contributed by atoms with Gasteiger partial charge in [-0.3, -0.25) is 4.79 Å². The maximum Gasteiger partial charge on any atom is 0.251 e. The maximum atomic E-state index is 11.4. The zero-order valence-corrected chi connectivity index (χ0v) is 11.1. The summed E-state index contributed by atoms with van der Waals surface area (Å²) in [6, 6.07) is 1.40. The molecule has 2 heterocycles. The van der Waals surface area contributed by atoms with Crippen molar-refractivity contribution in [2.75, 3.05) is 5.73 Å². The quantitative estimate of drug-likeness (QED) is 0.879. The molecule has 2 rings (SSSR count). The minimum Gasteiger partial charge on any atom is -0.451 e. The van der Waals surface area contributed by atoms with Crippen LogP contribution < -0.4 is 16.0 Å². The fourth-order valence-electron chi connectivity index (χ4n) is 1.68. The molecular weight excluding hydrogens is 244 g/mol. The number of rotatable bonds is 3. The third kappa shape index (κ3) is 2.90. The molecule has 0 aliphatic rings. The lowest BCUT2D eigenvalue weighted by molar-refractivity contribution is 0.468. The Bertz CT molecular complexity index is 649. The molecule has 0 aromatic carbocycles. The van der Waals surface area contributed by atoms with E-state index in [2.05, 4.69) is 15.0 Å². The van der Waals surface area contributed by atoms with Gasteiger partial charge in [0.15, 0.2) is 11.6 Å². The number of hydrogen-bond acceptors (Lipinski definition) is 5. The lowest BCUT2D eigenvalue weighted by Gasteiger charge is -2.13. The molecule has 2 aromatic rings. The Kier molecular flexibility index (Phi) is 3.50. The van der Waals surface area contributed by atoms with Gasteiger partial charge in [-0.05, 0) is 12.8 Å². The fourth-order valence-corrected chi connectivity index (χ4v) is 1.68. The highest BCUT2D eigenvalue weighted by Gasteiger charge is 2.12. The van der Waals surface area contributed by atoms with Crippen molar-refractivity contribution in [2.45, 2.75) is 26.7 Å². The number of nitrogen functional groups attached to an aromatic ring is 1. The molecule has 0 amide bonds. The molecule has 0 aliphatic carbocycles. The molecule has 0 unspecified atom stereocenters. The zero-order valence-electron chi connectivity index (χ0n) is 11.1. The van der Waals surface area contributed by atoms with E-state index in [4.69, 9.17) is 10.5 Å². The molecule has 3 N–H and O–H groups in total. The van der Waals surface area contributed by atoms with Crippen LogP contribution in [0, 0.1) is 6.92 Å². The lowest BCUT2D eigenvalue weighted by Crippen LogP contribution is -2.08. The summed E-state index contributed by atoms with van der Waals surface area (Å²) in [4.78, 5) is 22.1. The van der Waals surface area contributed by atoms with E-state index in [1.54, 1.807) is 13.1 Å². The number of aryl methyl sites for hydroxylation is 1. The SMILES string of the molecule is Cc1ncc(Oc2cc(=O)[nH]cc2C(C)C)c(N)n1. The van der Waals surface area contributed by atoms with Crippen molar-refractivity contribution in [1.82, 2.24) is 15.0 Å². The van der Waals surface area contributed by atoms with Gasteiger partial charge in [-0.2, -0.15) is 0 Å². The van der Waals surface area contributed by atoms with Crippen LogP contribution >= 0.6 is 0 Å². The van der Waals surface area contributed by atoms with Crippen LogP contribution in [0.4, 0.5) is 5.82 Å². The normalized spacial score (nSPS) is 10.7. The van der Waals surface area contributed by atoms with Gasteiger partial charge in [0.2, 0.25) is 0 Å². The first-order chi connectivity index (χ1) is 8.97. The largest absolute Gasteiger partial charge is 0.451 e. The number of hydrogen-bond donors (Lipinski definition) is 2. The maximum absolute atomic E-state index is 11.4. The number of nitrogens with two attached hydrogens (primary N) is 1. The van der Waals surface area contributed by atoms with Gasteiger partial charge >= 0.3 is 0 Å². The van der Waals surface area contributed by atoms with Gasteiger partial charge in [0, 0.05) is 17.8 Å². The Labute approximate surface area is 110 Å². The van der Waals surface area contributed by atoms with Crippen LogP contribution in [0.5, 0.6) is 11.5 Å². The summed E-state index contributed by atoms with van der Waals surface area (Å²) in [5.74, 6) is 1.85. The predicted molar refractivity (Wildman–Crippen MR) is 72.4 cm³/mol. The van der Waals surface area contributed by atoms with Crippen molar-refractivity contribution in [2.24, 2.45) is 0 Å². The summed E-state index contributed by atoms with van der Waals surface area (Å²) in [7, 11) is 0. The van der Waals surface area contributed by atoms with E-state index in [1.165, 1.54) is 12.3 Å². The van der Waals surface area contributed by atoms with Crippen molar-refractivity contribution in [1.29, 1.82) is 0 Å². The molecule has 0 spiro atoms. The van der Waals surface area contributed by atoms with Gasteiger partial charge < -0.3 is 15.5 Å². The molecular formula is C13H16N4O2. The van der Waals surface area contributed by atoms with E-state index >= 15 is 0 Å². The lowest BCUT2D eigenvalue weighted by atomic mass is 10.1. The molecule has 0 saturated carbocycles. The number of nitrogens with zero attached hydrogens (tertiary/aromatic N) is 2. The number of ether oxygens (including phenoxy) is 1. The molecule has 2 aromatic heterocycles. The second kappa shape index (κ2) is 5.09. The average molecular weight is 260 g/mol. The Morgan fingerprint density at radius 1 is 1.37 bits per heavy atom. The molecule has 6 heteroatoms. The Balaban J connectivity index is 2.42. The molecule has 0 atom stereocenters. The van der Waals surface area contributed by atoms with Gasteiger partial charge in [0.05, 0.1) is 6.20 Å². The van der Waals surface area contributed by atoms with Crippen molar-refractivity contribution < 1.29 is 4.74 Å². The number of H-pyrrole nitrogens is 1. The fraction of sp³-hybridized carbons (Fsp3) is 0.308. The van der Waals surface area contributed by atoms with E-state index in [1.807, 2.05) is 13.8 Å². The number of aromatic nitrogens is 3. The van der Waals surface area contributed by atoms with Crippen LogP contribution in [0.3, 0.4) is 0 Å². The second-order valence-corrected chi connectivity index (χ2v) is 4.54. The molecule has 0 fully saturated rings. The predicted octanol–water partition coefficient (Wildman–Crippen LogP) is 1.97. The van der Waals surface area contributed by atoms with E-state index < -0.39 is 0 Å². The van der Waals surface area contributed by atoms with Crippen molar-refractivity contribution in [3.05, 3.63) is 40.2 Å². The van der Waals surface area contributed by atoms with E-state index in [9.17, 15) is 4.79 Å².